The molecule has 1 aromatic rings. The van der Waals surface area contributed by atoms with Gasteiger partial charge in [0.15, 0.2) is 11.6 Å². The van der Waals surface area contributed by atoms with Gasteiger partial charge in [0, 0.05) is 19.2 Å². The van der Waals surface area contributed by atoms with Crippen LogP contribution in [0.2, 0.25) is 0 Å². The number of carbonyl (C=O) groups excluding carboxylic acids is 1. The van der Waals surface area contributed by atoms with Crippen molar-refractivity contribution in [2.24, 2.45) is 0 Å². The van der Waals surface area contributed by atoms with Gasteiger partial charge >= 0.3 is 5.69 Å². The van der Waals surface area contributed by atoms with E-state index in [2.05, 4.69) is 5.32 Å². The highest BCUT2D eigenvalue weighted by Crippen LogP contribution is 2.32. The van der Waals surface area contributed by atoms with Crippen LogP contribution in [-0.4, -0.2) is 55.2 Å². The zero-order valence-corrected chi connectivity index (χ0v) is 12.9. The number of hydrogen-bond acceptors (Lipinski definition) is 6. The fourth-order valence-electron chi connectivity index (χ4n) is 2.31. The van der Waals surface area contributed by atoms with Crippen molar-refractivity contribution in [3.05, 3.63) is 28.1 Å². The monoisotopic (exact) mass is 327 g/mol. The van der Waals surface area contributed by atoms with E-state index in [4.69, 9.17) is 9.47 Å². The van der Waals surface area contributed by atoms with Gasteiger partial charge < -0.3 is 19.7 Å². The summed E-state index contributed by atoms with van der Waals surface area (Å²) in [6.07, 6.45) is 0. The smallest absolute Gasteiger partial charge is 0.313 e. The minimum absolute atomic E-state index is 0.0263. The third-order valence-corrected chi connectivity index (χ3v) is 3.53. The van der Waals surface area contributed by atoms with Gasteiger partial charge in [0.1, 0.15) is 6.04 Å². The molecular formula is C14H18FN3O5. The second kappa shape index (κ2) is 7.23. The number of ether oxygens (including phenoxy) is 2. The van der Waals surface area contributed by atoms with E-state index in [0.29, 0.717) is 26.3 Å². The first kappa shape index (κ1) is 16.9. The number of morpholine rings is 1. The van der Waals surface area contributed by atoms with Gasteiger partial charge in [-0.05, 0) is 6.92 Å². The minimum Gasteiger partial charge on any atom is -0.490 e. The molecule has 9 heteroatoms. The van der Waals surface area contributed by atoms with E-state index in [-0.39, 0.29) is 17.3 Å². The Balaban J connectivity index is 2.15. The lowest BCUT2D eigenvalue weighted by molar-refractivity contribution is -0.385. The highest BCUT2D eigenvalue weighted by atomic mass is 19.1. The van der Waals surface area contributed by atoms with E-state index in [1.54, 1.807) is 11.8 Å². The third-order valence-electron chi connectivity index (χ3n) is 3.53. The van der Waals surface area contributed by atoms with Crippen LogP contribution in [0.4, 0.5) is 15.8 Å². The molecule has 0 spiro atoms. The van der Waals surface area contributed by atoms with Crippen molar-refractivity contribution in [2.75, 3.05) is 38.7 Å². The Labute approximate surface area is 132 Å². The SMILES string of the molecule is COc1cc(NC(C)C(=O)N2CCOCC2)c(F)cc1[N+](=O)[O-]. The number of carbonyl (C=O) groups is 1. The zero-order chi connectivity index (χ0) is 17.0. The lowest BCUT2D eigenvalue weighted by Crippen LogP contribution is -2.47. The summed E-state index contributed by atoms with van der Waals surface area (Å²) in [4.78, 5) is 24.0. The van der Waals surface area contributed by atoms with E-state index >= 15 is 0 Å². The molecule has 1 unspecified atom stereocenters. The molecule has 1 heterocycles. The number of nitrogens with one attached hydrogen (secondary N) is 1. The van der Waals surface area contributed by atoms with Crippen LogP contribution < -0.4 is 10.1 Å². The number of anilines is 1. The van der Waals surface area contributed by atoms with Gasteiger partial charge in [-0.2, -0.15) is 0 Å². The number of nitro benzene ring substituents is 1. The van der Waals surface area contributed by atoms with Crippen LogP contribution in [0.25, 0.3) is 0 Å². The molecule has 1 aromatic carbocycles. The molecule has 0 bridgehead atoms. The molecule has 1 aliphatic rings. The van der Waals surface area contributed by atoms with Crippen LogP contribution in [0.1, 0.15) is 6.92 Å². The summed E-state index contributed by atoms with van der Waals surface area (Å²) in [6, 6.07) is 1.26. The molecule has 8 nitrogen and oxygen atoms in total. The predicted octanol–water partition coefficient (Wildman–Crippen LogP) is 1.40. The van der Waals surface area contributed by atoms with E-state index in [0.717, 1.165) is 6.07 Å². The summed E-state index contributed by atoms with van der Waals surface area (Å²) >= 11 is 0. The fourth-order valence-corrected chi connectivity index (χ4v) is 2.31. The number of amides is 1. The zero-order valence-electron chi connectivity index (χ0n) is 12.9. The highest BCUT2D eigenvalue weighted by Gasteiger charge is 2.25. The molecule has 1 fully saturated rings. The molecule has 1 saturated heterocycles. The van der Waals surface area contributed by atoms with Crippen LogP contribution in [-0.2, 0) is 9.53 Å². The first-order valence-electron chi connectivity index (χ1n) is 7.09. The van der Waals surface area contributed by atoms with Crippen molar-refractivity contribution in [2.45, 2.75) is 13.0 Å². The molecule has 1 amide bonds. The Morgan fingerprint density at radius 1 is 1.48 bits per heavy atom. The van der Waals surface area contributed by atoms with Gasteiger partial charge in [0.05, 0.1) is 37.0 Å². The van der Waals surface area contributed by atoms with Crippen LogP contribution in [0, 0.1) is 15.9 Å². The quantitative estimate of drug-likeness (QED) is 0.649. The van der Waals surface area contributed by atoms with Crippen LogP contribution in [0.15, 0.2) is 12.1 Å². The van der Waals surface area contributed by atoms with Gasteiger partial charge in [-0.15, -0.1) is 0 Å². The van der Waals surface area contributed by atoms with Gasteiger partial charge in [-0.3, -0.25) is 14.9 Å². The molecule has 0 aromatic heterocycles. The minimum atomic E-state index is -0.820. The summed E-state index contributed by atoms with van der Waals surface area (Å²) in [5, 5.41) is 13.6. The maximum atomic E-state index is 14.0. The molecule has 0 aliphatic carbocycles. The fraction of sp³-hybridized carbons (Fsp3) is 0.500. The average Bonchev–Trinajstić information content (AvgIpc) is 2.56. The number of benzene rings is 1. The summed E-state index contributed by atoms with van der Waals surface area (Å²) in [7, 11) is 1.26. The van der Waals surface area contributed by atoms with Gasteiger partial charge in [-0.1, -0.05) is 0 Å². The second-order valence-electron chi connectivity index (χ2n) is 5.06. The topological polar surface area (TPSA) is 93.9 Å². The van der Waals surface area contributed by atoms with E-state index in [1.807, 2.05) is 0 Å². The summed E-state index contributed by atoms with van der Waals surface area (Å²) in [5.74, 6) is -1.09. The molecule has 1 atom stereocenters. The number of nitro groups is 1. The molecule has 126 valence electrons. The number of nitrogens with zero attached hydrogens (tertiary/aromatic N) is 2. The van der Waals surface area contributed by atoms with Crippen LogP contribution >= 0.6 is 0 Å². The highest BCUT2D eigenvalue weighted by molar-refractivity contribution is 5.84. The van der Waals surface area contributed by atoms with Gasteiger partial charge in [0.25, 0.3) is 0 Å². The normalized spacial score (nSPS) is 15.9. The molecule has 0 saturated carbocycles. The van der Waals surface area contributed by atoms with E-state index in [9.17, 15) is 19.3 Å². The summed E-state index contributed by atoms with van der Waals surface area (Å²) in [5.41, 5.74) is -0.496. The van der Waals surface area contributed by atoms with Crippen molar-refractivity contribution in [3.63, 3.8) is 0 Å². The van der Waals surface area contributed by atoms with Crippen molar-refractivity contribution >= 4 is 17.3 Å². The molecule has 1 aliphatic heterocycles. The van der Waals surface area contributed by atoms with Crippen LogP contribution in [0.5, 0.6) is 5.75 Å². The number of rotatable bonds is 5. The number of methoxy groups -OCH3 is 1. The molecule has 2 rings (SSSR count). The van der Waals surface area contributed by atoms with Crippen molar-refractivity contribution in [1.29, 1.82) is 0 Å². The molecule has 23 heavy (non-hydrogen) atoms. The Bertz CT molecular complexity index is 604. The Morgan fingerprint density at radius 3 is 2.70 bits per heavy atom. The average molecular weight is 327 g/mol. The van der Waals surface area contributed by atoms with E-state index in [1.165, 1.54) is 13.2 Å². The first-order valence-corrected chi connectivity index (χ1v) is 7.09. The number of hydrogen-bond donors (Lipinski definition) is 1. The van der Waals surface area contributed by atoms with Crippen molar-refractivity contribution in [1.82, 2.24) is 4.90 Å². The van der Waals surface area contributed by atoms with Crippen LogP contribution in [0.3, 0.4) is 0 Å². The first-order chi connectivity index (χ1) is 10.9. The largest absolute Gasteiger partial charge is 0.490 e. The molecule has 0 radical (unpaired) electrons. The van der Waals surface area contributed by atoms with E-state index < -0.39 is 22.5 Å². The summed E-state index contributed by atoms with van der Waals surface area (Å²) < 4.78 is 24.1. The Kier molecular flexibility index (Phi) is 5.32. The van der Waals surface area contributed by atoms with Gasteiger partial charge in [-0.25, -0.2) is 4.39 Å². The predicted molar refractivity (Wildman–Crippen MR) is 80.1 cm³/mol. The second-order valence-corrected chi connectivity index (χ2v) is 5.06. The maximum absolute atomic E-state index is 14.0. The lowest BCUT2D eigenvalue weighted by atomic mass is 10.2. The third kappa shape index (κ3) is 3.86. The molecular weight excluding hydrogens is 309 g/mol. The lowest BCUT2D eigenvalue weighted by Gasteiger charge is -2.29. The van der Waals surface area contributed by atoms with Crippen molar-refractivity contribution in [3.8, 4) is 5.75 Å². The van der Waals surface area contributed by atoms with Gasteiger partial charge in [0.2, 0.25) is 5.91 Å². The number of halogens is 1. The molecule has 1 N–H and O–H groups in total. The van der Waals surface area contributed by atoms with Crippen molar-refractivity contribution < 1.29 is 23.6 Å². The Hall–Kier alpha value is -2.42. The summed E-state index contributed by atoms with van der Waals surface area (Å²) in [6.45, 7) is 3.51. The standard InChI is InChI=1S/C14H18FN3O5/c1-9(14(19)17-3-5-23-6-4-17)16-11-8-13(22-2)12(18(20)21)7-10(11)15/h7-9,16H,3-6H2,1-2H3. The maximum Gasteiger partial charge on any atom is 0.313 e. The Morgan fingerprint density at radius 2 is 2.13 bits per heavy atom.